The van der Waals surface area contributed by atoms with Crippen LogP contribution in [-0.2, 0) is 16.6 Å². The van der Waals surface area contributed by atoms with Crippen molar-refractivity contribution in [3.8, 4) is 0 Å². The topological polar surface area (TPSA) is 58.2 Å². The van der Waals surface area contributed by atoms with Crippen molar-refractivity contribution in [2.45, 2.75) is 57.5 Å². The van der Waals surface area contributed by atoms with E-state index < -0.39 is 10.0 Å². The fourth-order valence-electron chi connectivity index (χ4n) is 2.61. The fourth-order valence-corrected chi connectivity index (χ4v) is 3.98. The Morgan fingerprint density at radius 1 is 1.33 bits per heavy atom. The van der Waals surface area contributed by atoms with Crippen LogP contribution in [0, 0.1) is 12.8 Å². The molecule has 0 bridgehead atoms. The van der Waals surface area contributed by atoms with Gasteiger partial charge >= 0.3 is 0 Å². The largest absolute Gasteiger partial charge is 0.313 e. The van der Waals surface area contributed by atoms with Gasteiger partial charge in [0.1, 0.15) is 0 Å². The Kier molecular flexibility index (Phi) is 5.41. The van der Waals surface area contributed by atoms with E-state index in [4.69, 9.17) is 0 Å². The molecule has 0 aromatic heterocycles. The van der Waals surface area contributed by atoms with Gasteiger partial charge in [-0.3, -0.25) is 0 Å². The summed E-state index contributed by atoms with van der Waals surface area (Å²) >= 11 is 0. The molecule has 1 unspecified atom stereocenters. The molecule has 0 spiro atoms. The maximum Gasteiger partial charge on any atom is 0.240 e. The second-order valence-electron chi connectivity index (χ2n) is 5.97. The molecule has 2 N–H and O–H groups in total. The van der Waals surface area contributed by atoms with Gasteiger partial charge in [-0.2, -0.15) is 0 Å². The third kappa shape index (κ3) is 4.05. The van der Waals surface area contributed by atoms with Gasteiger partial charge in [-0.1, -0.05) is 19.4 Å². The molecule has 118 valence electrons. The highest BCUT2D eigenvalue weighted by Crippen LogP contribution is 2.30. The second kappa shape index (κ2) is 6.90. The minimum atomic E-state index is -3.42. The fraction of sp³-hybridized carbons (Fsp3) is 0.625. The number of sulfonamides is 1. The molecular formula is C16H26N2O2S. The lowest BCUT2D eigenvalue weighted by Crippen LogP contribution is -2.40. The Bertz CT molecular complexity index is 580. The molecule has 2 rings (SSSR count). The highest BCUT2D eigenvalue weighted by molar-refractivity contribution is 7.89. The second-order valence-corrected chi connectivity index (χ2v) is 7.68. The molecule has 1 aliphatic rings. The van der Waals surface area contributed by atoms with Crippen LogP contribution in [0.3, 0.4) is 0 Å². The molecule has 1 atom stereocenters. The summed E-state index contributed by atoms with van der Waals surface area (Å²) in [5.41, 5.74) is 2.15. The average Bonchev–Trinajstić information content (AvgIpc) is 2.34. The van der Waals surface area contributed by atoms with Crippen LogP contribution < -0.4 is 10.0 Å². The molecule has 1 aromatic carbocycles. The van der Waals surface area contributed by atoms with Crippen molar-refractivity contribution in [1.29, 1.82) is 0 Å². The first-order valence-corrected chi connectivity index (χ1v) is 9.25. The molecule has 0 heterocycles. The summed E-state index contributed by atoms with van der Waals surface area (Å²) in [6.45, 7) is 7.58. The SMILES string of the molecule is CCNCc1cc(S(=O)(=O)NC(C)C2CCC2)ccc1C. The molecule has 1 fully saturated rings. The van der Waals surface area contributed by atoms with Crippen molar-refractivity contribution in [2.75, 3.05) is 6.54 Å². The van der Waals surface area contributed by atoms with E-state index in [-0.39, 0.29) is 6.04 Å². The van der Waals surface area contributed by atoms with Gasteiger partial charge < -0.3 is 5.32 Å². The molecule has 1 aliphatic carbocycles. The van der Waals surface area contributed by atoms with E-state index in [0.29, 0.717) is 17.4 Å². The lowest BCUT2D eigenvalue weighted by Gasteiger charge is -2.31. The van der Waals surface area contributed by atoms with Gasteiger partial charge in [0.25, 0.3) is 0 Å². The zero-order valence-electron chi connectivity index (χ0n) is 13.1. The molecule has 0 aliphatic heterocycles. The molecule has 4 nitrogen and oxygen atoms in total. The van der Waals surface area contributed by atoms with Gasteiger partial charge in [0, 0.05) is 12.6 Å². The summed E-state index contributed by atoms with van der Waals surface area (Å²) in [6, 6.07) is 5.38. The van der Waals surface area contributed by atoms with E-state index in [0.717, 1.165) is 30.5 Å². The van der Waals surface area contributed by atoms with Crippen LogP contribution in [-0.4, -0.2) is 21.0 Å². The quantitative estimate of drug-likeness (QED) is 0.814. The number of hydrogen-bond donors (Lipinski definition) is 2. The first kappa shape index (κ1) is 16.5. The van der Waals surface area contributed by atoms with E-state index in [9.17, 15) is 8.42 Å². The highest BCUT2D eigenvalue weighted by atomic mass is 32.2. The first-order chi connectivity index (χ1) is 9.94. The molecular weight excluding hydrogens is 284 g/mol. The number of rotatable bonds is 7. The van der Waals surface area contributed by atoms with Crippen molar-refractivity contribution in [3.05, 3.63) is 29.3 Å². The molecule has 1 aromatic rings. The van der Waals surface area contributed by atoms with Gasteiger partial charge in [-0.25, -0.2) is 13.1 Å². The van der Waals surface area contributed by atoms with E-state index in [1.54, 1.807) is 12.1 Å². The maximum absolute atomic E-state index is 12.5. The monoisotopic (exact) mass is 310 g/mol. The molecule has 21 heavy (non-hydrogen) atoms. The molecule has 5 heteroatoms. The minimum Gasteiger partial charge on any atom is -0.313 e. The van der Waals surface area contributed by atoms with Gasteiger partial charge in [-0.15, -0.1) is 0 Å². The predicted molar refractivity (Wildman–Crippen MR) is 85.7 cm³/mol. The normalized spacial score (nSPS) is 17.5. The number of hydrogen-bond acceptors (Lipinski definition) is 3. The summed E-state index contributed by atoms with van der Waals surface area (Å²) in [7, 11) is -3.42. The smallest absolute Gasteiger partial charge is 0.240 e. The van der Waals surface area contributed by atoms with Crippen molar-refractivity contribution < 1.29 is 8.42 Å². The van der Waals surface area contributed by atoms with Crippen LogP contribution in [0.15, 0.2) is 23.1 Å². The molecule has 0 amide bonds. The Balaban J connectivity index is 2.14. The Morgan fingerprint density at radius 2 is 2.05 bits per heavy atom. The lowest BCUT2D eigenvalue weighted by atomic mass is 9.81. The van der Waals surface area contributed by atoms with Gasteiger partial charge in [-0.05, 0) is 62.4 Å². The average molecular weight is 310 g/mol. The van der Waals surface area contributed by atoms with Crippen molar-refractivity contribution in [3.63, 3.8) is 0 Å². The van der Waals surface area contributed by atoms with E-state index >= 15 is 0 Å². The summed E-state index contributed by atoms with van der Waals surface area (Å²) in [6.07, 6.45) is 3.47. The first-order valence-electron chi connectivity index (χ1n) is 7.76. The summed E-state index contributed by atoms with van der Waals surface area (Å²) in [5.74, 6) is 0.492. The van der Waals surface area contributed by atoms with E-state index in [1.807, 2.05) is 26.8 Å². The molecule has 0 radical (unpaired) electrons. The van der Waals surface area contributed by atoms with Crippen molar-refractivity contribution >= 4 is 10.0 Å². The molecule has 0 saturated heterocycles. The summed E-state index contributed by atoms with van der Waals surface area (Å²) in [4.78, 5) is 0.368. The number of aryl methyl sites for hydroxylation is 1. The Labute approximate surface area is 128 Å². The van der Waals surface area contributed by atoms with Gasteiger partial charge in [0.05, 0.1) is 4.90 Å². The van der Waals surface area contributed by atoms with Crippen molar-refractivity contribution in [2.24, 2.45) is 5.92 Å². The summed E-state index contributed by atoms with van der Waals surface area (Å²) in [5, 5.41) is 3.25. The standard InChI is InChI=1S/C16H26N2O2S/c1-4-17-11-15-10-16(9-8-12(15)2)21(19,20)18-13(3)14-6-5-7-14/h8-10,13-14,17-18H,4-7,11H2,1-3H3. The lowest BCUT2D eigenvalue weighted by molar-refractivity contribution is 0.260. The van der Waals surface area contributed by atoms with Gasteiger partial charge in [0.2, 0.25) is 10.0 Å². The van der Waals surface area contributed by atoms with E-state index in [2.05, 4.69) is 10.0 Å². The number of benzene rings is 1. The number of nitrogens with one attached hydrogen (secondary N) is 2. The van der Waals surface area contributed by atoms with Crippen molar-refractivity contribution in [1.82, 2.24) is 10.0 Å². The van der Waals surface area contributed by atoms with Crippen LogP contribution >= 0.6 is 0 Å². The zero-order chi connectivity index (χ0) is 15.5. The molecule has 1 saturated carbocycles. The third-order valence-corrected chi connectivity index (χ3v) is 5.95. The van der Waals surface area contributed by atoms with Crippen LogP contribution in [0.1, 0.15) is 44.2 Å². The minimum absolute atomic E-state index is 0.0160. The van der Waals surface area contributed by atoms with E-state index in [1.165, 1.54) is 6.42 Å². The predicted octanol–water partition coefficient (Wildman–Crippen LogP) is 2.57. The highest BCUT2D eigenvalue weighted by Gasteiger charge is 2.28. The van der Waals surface area contributed by atoms with Crippen LogP contribution in [0.25, 0.3) is 0 Å². The van der Waals surface area contributed by atoms with Crippen LogP contribution in [0.2, 0.25) is 0 Å². The van der Waals surface area contributed by atoms with Crippen LogP contribution in [0.5, 0.6) is 0 Å². The van der Waals surface area contributed by atoms with Gasteiger partial charge in [0.15, 0.2) is 0 Å². The Hall–Kier alpha value is -0.910. The zero-order valence-corrected chi connectivity index (χ0v) is 14.0. The van der Waals surface area contributed by atoms with Crippen LogP contribution in [0.4, 0.5) is 0 Å². The maximum atomic E-state index is 12.5. The Morgan fingerprint density at radius 3 is 2.62 bits per heavy atom. The summed E-state index contributed by atoms with van der Waals surface area (Å²) < 4.78 is 27.8. The third-order valence-electron chi connectivity index (χ3n) is 4.39.